The SMILES string of the molecule is CNCc1cc(Br)cc(S(=O)(=O)N(C)CC2CCC2)c1F. The number of hydrogen-bond donors (Lipinski definition) is 1. The second kappa shape index (κ2) is 6.73. The summed E-state index contributed by atoms with van der Waals surface area (Å²) in [6, 6.07) is 2.93. The van der Waals surface area contributed by atoms with E-state index in [0.717, 1.165) is 19.3 Å². The third-order valence-electron chi connectivity index (χ3n) is 3.87. The van der Waals surface area contributed by atoms with E-state index in [4.69, 9.17) is 0 Å². The van der Waals surface area contributed by atoms with Gasteiger partial charge in [-0.15, -0.1) is 0 Å². The molecule has 0 aromatic heterocycles. The van der Waals surface area contributed by atoms with Crippen molar-refractivity contribution in [2.45, 2.75) is 30.7 Å². The fraction of sp³-hybridized carbons (Fsp3) is 0.571. The van der Waals surface area contributed by atoms with Crippen LogP contribution in [0.25, 0.3) is 0 Å². The van der Waals surface area contributed by atoms with Crippen molar-refractivity contribution in [1.82, 2.24) is 9.62 Å². The van der Waals surface area contributed by atoms with Gasteiger partial charge in [-0.05, 0) is 37.9 Å². The molecule has 0 saturated heterocycles. The zero-order valence-electron chi connectivity index (χ0n) is 12.2. The molecule has 0 atom stereocenters. The van der Waals surface area contributed by atoms with E-state index in [0.29, 0.717) is 22.5 Å². The van der Waals surface area contributed by atoms with Crippen LogP contribution in [0.5, 0.6) is 0 Å². The summed E-state index contributed by atoms with van der Waals surface area (Å²) < 4.78 is 41.5. The Labute approximate surface area is 133 Å². The molecule has 0 amide bonds. The predicted octanol–water partition coefficient (Wildman–Crippen LogP) is 2.73. The van der Waals surface area contributed by atoms with E-state index in [-0.39, 0.29) is 11.4 Å². The minimum atomic E-state index is -3.80. The number of halogens is 2. The lowest BCUT2D eigenvalue weighted by Crippen LogP contribution is -2.34. The van der Waals surface area contributed by atoms with Gasteiger partial charge in [0.25, 0.3) is 0 Å². The van der Waals surface area contributed by atoms with Crippen LogP contribution in [0.4, 0.5) is 4.39 Å². The summed E-state index contributed by atoms with van der Waals surface area (Å²) in [5.74, 6) is -0.273. The van der Waals surface area contributed by atoms with Crippen LogP contribution < -0.4 is 5.32 Å². The zero-order chi connectivity index (χ0) is 15.6. The van der Waals surface area contributed by atoms with Crippen LogP contribution in [0.15, 0.2) is 21.5 Å². The van der Waals surface area contributed by atoms with Crippen molar-refractivity contribution in [2.75, 3.05) is 20.6 Å². The molecule has 1 aliphatic carbocycles. The molecule has 118 valence electrons. The first-order chi connectivity index (χ1) is 9.86. The number of rotatable bonds is 6. The largest absolute Gasteiger partial charge is 0.316 e. The minimum Gasteiger partial charge on any atom is -0.316 e. The summed E-state index contributed by atoms with van der Waals surface area (Å²) in [4.78, 5) is -0.260. The summed E-state index contributed by atoms with van der Waals surface area (Å²) in [7, 11) is -0.592. The molecule has 21 heavy (non-hydrogen) atoms. The van der Waals surface area contributed by atoms with Crippen LogP contribution in [0, 0.1) is 11.7 Å². The standard InChI is InChI=1S/C14H20BrFN2O2S/c1-17-8-11-6-12(15)7-13(14(11)16)21(19,20)18(2)9-10-4-3-5-10/h6-7,10,17H,3-5,8-9H2,1-2H3. The van der Waals surface area contributed by atoms with Gasteiger partial charge in [0.1, 0.15) is 10.7 Å². The second-order valence-electron chi connectivity index (χ2n) is 5.49. The van der Waals surface area contributed by atoms with Gasteiger partial charge in [0.05, 0.1) is 0 Å². The van der Waals surface area contributed by atoms with Gasteiger partial charge in [-0.1, -0.05) is 22.4 Å². The summed E-state index contributed by atoms with van der Waals surface area (Å²) in [5.41, 5.74) is 0.336. The Hall–Kier alpha value is -0.500. The average Bonchev–Trinajstić information content (AvgIpc) is 2.37. The quantitative estimate of drug-likeness (QED) is 0.827. The van der Waals surface area contributed by atoms with E-state index in [1.165, 1.54) is 17.4 Å². The molecule has 2 rings (SSSR count). The van der Waals surface area contributed by atoms with Gasteiger partial charge >= 0.3 is 0 Å². The van der Waals surface area contributed by atoms with Crippen molar-refractivity contribution in [3.8, 4) is 0 Å². The molecule has 7 heteroatoms. The van der Waals surface area contributed by atoms with Crippen molar-refractivity contribution >= 4 is 26.0 Å². The lowest BCUT2D eigenvalue weighted by atomic mass is 9.86. The Bertz CT molecular complexity index is 618. The number of nitrogens with one attached hydrogen (secondary N) is 1. The van der Waals surface area contributed by atoms with E-state index in [1.54, 1.807) is 13.1 Å². The van der Waals surface area contributed by atoms with Crippen molar-refractivity contribution in [2.24, 2.45) is 5.92 Å². The second-order valence-corrected chi connectivity index (χ2v) is 8.42. The lowest BCUT2D eigenvalue weighted by Gasteiger charge is -2.29. The van der Waals surface area contributed by atoms with E-state index < -0.39 is 15.8 Å². The highest BCUT2D eigenvalue weighted by Crippen LogP contribution is 2.30. The van der Waals surface area contributed by atoms with Gasteiger partial charge in [0.15, 0.2) is 0 Å². The van der Waals surface area contributed by atoms with Crippen LogP contribution >= 0.6 is 15.9 Å². The van der Waals surface area contributed by atoms with Crippen molar-refractivity contribution in [3.63, 3.8) is 0 Å². The first kappa shape index (κ1) is 16.9. The molecule has 1 fully saturated rings. The number of benzene rings is 1. The highest BCUT2D eigenvalue weighted by molar-refractivity contribution is 9.10. The van der Waals surface area contributed by atoms with Crippen molar-refractivity contribution < 1.29 is 12.8 Å². The van der Waals surface area contributed by atoms with E-state index in [1.807, 2.05) is 0 Å². The number of hydrogen-bond acceptors (Lipinski definition) is 3. The van der Waals surface area contributed by atoms with Gasteiger partial charge in [0.2, 0.25) is 10.0 Å². The van der Waals surface area contributed by atoms with E-state index >= 15 is 0 Å². The van der Waals surface area contributed by atoms with Crippen LogP contribution in [0.1, 0.15) is 24.8 Å². The molecular weight excluding hydrogens is 359 g/mol. The summed E-state index contributed by atoms with van der Waals surface area (Å²) in [5, 5.41) is 2.84. The van der Waals surface area contributed by atoms with Crippen LogP contribution in [0.2, 0.25) is 0 Å². The molecule has 4 nitrogen and oxygen atoms in total. The third kappa shape index (κ3) is 3.64. The zero-order valence-corrected chi connectivity index (χ0v) is 14.6. The third-order valence-corrected chi connectivity index (χ3v) is 6.16. The van der Waals surface area contributed by atoms with Crippen LogP contribution in [-0.2, 0) is 16.6 Å². The van der Waals surface area contributed by atoms with Crippen LogP contribution in [-0.4, -0.2) is 33.4 Å². The Kier molecular flexibility index (Phi) is 5.40. The maximum absolute atomic E-state index is 14.5. The van der Waals surface area contributed by atoms with E-state index in [9.17, 15) is 12.8 Å². The Morgan fingerprint density at radius 3 is 2.62 bits per heavy atom. The maximum atomic E-state index is 14.5. The predicted molar refractivity (Wildman–Crippen MR) is 84.0 cm³/mol. The summed E-state index contributed by atoms with van der Waals surface area (Å²) in [6.45, 7) is 0.732. The fourth-order valence-electron chi connectivity index (χ4n) is 2.43. The maximum Gasteiger partial charge on any atom is 0.245 e. The van der Waals surface area contributed by atoms with Crippen LogP contribution in [0.3, 0.4) is 0 Å². The van der Waals surface area contributed by atoms with Gasteiger partial charge < -0.3 is 5.32 Å². The first-order valence-electron chi connectivity index (χ1n) is 6.95. The molecule has 1 aromatic carbocycles. The van der Waals surface area contributed by atoms with Crippen molar-refractivity contribution in [3.05, 3.63) is 28.0 Å². The molecule has 1 aliphatic rings. The Morgan fingerprint density at radius 1 is 1.43 bits per heavy atom. The monoisotopic (exact) mass is 378 g/mol. The molecule has 1 aromatic rings. The molecule has 1 N–H and O–H groups in total. The molecule has 0 spiro atoms. The van der Waals surface area contributed by atoms with E-state index in [2.05, 4.69) is 21.2 Å². The average molecular weight is 379 g/mol. The molecule has 0 heterocycles. The summed E-state index contributed by atoms with van der Waals surface area (Å²) >= 11 is 3.26. The van der Waals surface area contributed by atoms with Crippen molar-refractivity contribution in [1.29, 1.82) is 0 Å². The highest BCUT2D eigenvalue weighted by atomic mass is 79.9. The molecule has 0 aliphatic heterocycles. The van der Waals surface area contributed by atoms with Gasteiger partial charge in [-0.25, -0.2) is 17.1 Å². The van der Waals surface area contributed by atoms with Gasteiger partial charge in [0, 0.05) is 30.2 Å². The molecule has 0 bridgehead atoms. The smallest absolute Gasteiger partial charge is 0.245 e. The topological polar surface area (TPSA) is 49.4 Å². The number of sulfonamides is 1. The minimum absolute atomic E-state index is 0.260. The normalized spacial score (nSPS) is 16.2. The highest BCUT2D eigenvalue weighted by Gasteiger charge is 2.30. The van der Waals surface area contributed by atoms with Gasteiger partial charge in [-0.3, -0.25) is 0 Å². The van der Waals surface area contributed by atoms with Gasteiger partial charge in [-0.2, -0.15) is 0 Å². The molecule has 0 unspecified atom stereocenters. The first-order valence-corrected chi connectivity index (χ1v) is 9.18. The molecule has 0 radical (unpaired) electrons. The summed E-state index contributed by atoms with van der Waals surface area (Å²) in [6.07, 6.45) is 3.24. The molecule has 1 saturated carbocycles. The lowest BCUT2D eigenvalue weighted by molar-refractivity contribution is 0.262. The fourth-order valence-corrected chi connectivity index (χ4v) is 4.46. The Morgan fingerprint density at radius 2 is 2.10 bits per heavy atom. The molecular formula is C14H20BrFN2O2S. The number of nitrogens with zero attached hydrogens (tertiary/aromatic N) is 1. The Balaban J connectivity index is 2.34.